The van der Waals surface area contributed by atoms with Crippen LogP contribution < -0.4 is 0 Å². The second-order valence-corrected chi connectivity index (χ2v) is 6.85. The third-order valence-electron chi connectivity index (χ3n) is 4.88. The highest BCUT2D eigenvalue weighted by Crippen LogP contribution is 2.35. The highest BCUT2D eigenvalue weighted by molar-refractivity contribution is 6.10. The molecule has 0 unspecified atom stereocenters. The number of hydrogen-bond acceptors (Lipinski definition) is 2. The summed E-state index contributed by atoms with van der Waals surface area (Å²) in [4.78, 5) is 25.0. The van der Waals surface area contributed by atoms with Crippen molar-refractivity contribution in [3.05, 3.63) is 71.9 Å². The van der Waals surface area contributed by atoms with Crippen molar-refractivity contribution in [1.82, 2.24) is 4.57 Å². The van der Waals surface area contributed by atoms with Crippen molar-refractivity contribution in [3.8, 4) is 0 Å². The number of rotatable bonds is 7. The van der Waals surface area contributed by atoms with Crippen LogP contribution in [0.4, 0.5) is 0 Å². The second-order valence-electron chi connectivity index (χ2n) is 6.85. The Kier molecular flexibility index (Phi) is 4.22. The van der Waals surface area contributed by atoms with Gasteiger partial charge in [-0.2, -0.15) is 0 Å². The van der Waals surface area contributed by atoms with E-state index in [-0.39, 0.29) is 17.5 Å². The number of Topliss-reactive ketones (excluding diaryl/α,β-unsaturated/α-hetero) is 2. The maximum Gasteiger partial charge on any atom is 0.168 e. The van der Waals surface area contributed by atoms with Crippen molar-refractivity contribution in [3.63, 3.8) is 0 Å². The molecule has 0 amide bonds. The first-order valence-corrected chi connectivity index (χ1v) is 8.90. The first-order valence-electron chi connectivity index (χ1n) is 8.90. The number of para-hydroxylation sites is 1. The number of benzene rings is 2. The summed E-state index contributed by atoms with van der Waals surface area (Å²) >= 11 is 0. The van der Waals surface area contributed by atoms with E-state index in [1.54, 1.807) is 0 Å². The number of aromatic nitrogens is 1. The van der Waals surface area contributed by atoms with Crippen LogP contribution in [0.1, 0.15) is 35.2 Å². The molecule has 0 atom stereocenters. The maximum absolute atomic E-state index is 12.5. The number of carbonyl (C=O) groups is 2. The summed E-state index contributed by atoms with van der Waals surface area (Å²) in [5.41, 5.74) is 2.92. The van der Waals surface area contributed by atoms with Crippen LogP contribution in [0.5, 0.6) is 0 Å². The van der Waals surface area contributed by atoms with Crippen LogP contribution in [0.25, 0.3) is 10.9 Å². The van der Waals surface area contributed by atoms with Gasteiger partial charge >= 0.3 is 0 Å². The van der Waals surface area contributed by atoms with E-state index in [0.717, 1.165) is 35.7 Å². The predicted molar refractivity (Wildman–Crippen MR) is 98.8 cm³/mol. The molecule has 126 valence electrons. The number of nitrogens with zero attached hydrogens (tertiary/aromatic N) is 1. The van der Waals surface area contributed by atoms with Crippen LogP contribution in [0.3, 0.4) is 0 Å². The Balaban J connectivity index is 1.52. The zero-order valence-electron chi connectivity index (χ0n) is 14.2. The van der Waals surface area contributed by atoms with Crippen molar-refractivity contribution in [2.45, 2.75) is 32.2 Å². The average molecular weight is 331 g/mol. The first kappa shape index (κ1) is 15.8. The lowest BCUT2D eigenvalue weighted by Gasteiger charge is -2.05. The SMILES string of the molecule is O=C(CCc1ccccc1)Cn1cc(C(=O)C2CC2)c2ccccc21. The Morgan fingerprint density at radius 1 is 0.960 bits per heavy atom. The van der Waals surface area contributed by atoms with Crippen molar-refractivity contribution in [2.75, 3.05) is 0 Å². The third-order valence-corrected chi connectivity index (χ3v) is 4.88. The number of hydrogen-bond donors (Lipinski definition) is 0. The zero-order valence-corrected chi connectivity index (χ0v) is 14.2. The van der Waals surface area contributed by atoms with E-state index in [0.29, 0.717) is 13.0 Å². The lowest BCUT2D eigenvalue weighted by atomic mass is 10.1. The first-order chi connectivity index (χ1) is 12.2. The minimum Gasteiger partial charge on any atom is -0.339 e. The molecule has 0 radical (unpaired) electrons. The third kappa shape index (κ3) is 3.41. The monoisotopic (exact) mass is 331 g/mol. The molecule has 3 aromatic rings. The molecule has 0 saturated heterocycles. The minimum atomic E-state index is 0.188. The van der Waals surface area contributed by atoms with E-state index < -0.39 is 0 Å². The van der Waals surface area contributed by atoms with Gasteiger partial charge in [0.05, 0.1) is 6.54 Å². The number of ketones is 2. The van der Waals surface area contributed by atoms with Gasteiger partial charge in [-0.05, 0) is 30.9 Å². The van der Waals surface area contributed by atoms with E-state index in [4.69, 9.17) is 0 Å². The van der Waals surface area contributed by atoms with Gasteiger partial charge in [-0.3, -0.25) is 9.59 Å². The number of fused-ring (bicyclic) bond motifs is 1. The molecule has 1 saturated carbocycles. The van der Waals surface area contributed by atoms with Gasteiger partial charge in [-0.25, -0.2) is 0 Å². The van der Waals surface area contributed by atoms with Crippen molar-refractivity contribution in [2.24, 2.45) is 5.92 Å². The Labute approximate surface area is 147 Å². The van der Waals surface area contributed by atoms with E-state index in [9.17, 15) is 9.59 Å². The summed E-state index contributed by atoms with van der Waals surface area (Å²) in [5, 5.41) is 0.968. The minimum absolute atomic E-state index is 0.188. The molecule has 1 heterocycles. The molecule has 0 aliphatic heterocycles. The molecule has 0 spiro atoms. The molecular formula is C22H21NO2. The van der Waals surface area contributed by atoms with Crippen LogP contribution in [0.15, 0.2) is 60.8 Å². The zero-order chi connectivity index (χ0) is 17.2. The molecule has 25 heavy (non-hydrogen) atoms. The Morgan fingerprint density at radius 2 is 1.68 bits per heavy atom. The van der Waals surface area contributed by atoms with Crippen LogP contribution in [0, 0.1) is 5.92 Å². The van der Waals surface area contributed by atoms with Crippen LogP contribution in [0.2, 0.25) is 0 Å². The topological polar surface area (TPSA) is 39.1 Å². The molecule has 0 N–H and O–H groups in total. The summed E-state index contributed by atoms with van der Waals surface area (Å²) in [6.45, 7) is 0.325. The van der Waals surface area contributed by atoms with Gasteiger partial charge in [0.25, 0.3) is 0 Å². The van der Waals surface area contributed by atoms with E-state index in [1.807, 2.05) is 65.4 Å². The maximum atomic E-state index is 12.5. The Morgan fingerprint density at radius 3 is 2.44 bits per heavy atom. The fourth-order valence-corrected chi connectivity index (χ4v) is 3.34. The van der Waals surface area contributed by atoms with Crippen LogP contribution >= 0.6 is 0 Å². The largest absolute Gasteiger partial charge is 0.339 e. The molecular weight excluding hydrogens is 310 g/mol. The van der Waals surface area contributed by atoms with Gasteiger partial charge in [0.15, 0.2) is 11.6 Å². The Hall–Kier alpha value is -2.68. The smallest absolute Gasteiger partial charge is 0.168 e. The summed E-state index contributed by atoms with van der Waals surface area (Å²) in [6, 6.07) is 17.9. The molecule has 1 aliphatic carbocycles. The van der Waals surface area contributed by atoms with Gasteiger partial charge in [0, 0.05) is 35.0 Å². The van der Waals surface area contributed by atoms with Gasteiger partial charge in [0.2, 0.25) is 0 Å². The van der Waals surface area contributed by atoms with Crippen molar-refractivity contribution < 1.29 is 9.59 Å². The van der Waals surface area contributed by atoms with Crippen LogP contribution in [-0.4, -0.2) is 16.1 Å². The van der Waals surface area contributed by atoms with Crippen molar-refractivity contribution in [1.29, 1.82) is 0 Å². The standard InChI is InChI=1S/C22H21NO2/c24-18(13-10-16-6-2-1-3-7-16)14-23-15-20(22(25)17-11-12-17)19-8-4-5-9-21(19)23/h1-9,15,17H,10-14H2. The van der Waals surface area contributed by atoms with E-state index in [2.05, 4.69) is 0 Å². The highest BCUT2D eigenvalue weighted by atomic mass is 16.1. The Bertz CT molecular complexity index is 920. The highest BCUT2D eigenvalue weighted by Gasteiger charge is 2.32. The molecule has 1 aromatic heterocycles. The van der Waals surface area contributed by atoms with Gasteiger partial charge < -0.3 is 4.57 Å². The van der Waals surface area contributed by atoms with Gasteiger partial charge in [0.1, 0.15) is 0 Å². The van der Waals surface area contributed by atoms with E-state index in [1.165, 1.54) is 5.56 Å². The normalized spacial score (nSPS) is 13.9. The molecule has 0 bridgehead atoms. The lowest BCUT2D eigenvalue weighted by Crippen LogP contribution is -2.10. The predicted octanol–water partition coefficient (Wildman–Crippen LogP) is 4.44. The summed E-state index contributed by atoms with van der Waals surface area (Å²) in [6.07, 6.45) is 5.14. The molecule has 3 nitrogen and oxygen atoms in total. The van der Waals surface area contributed by atoms with Crippen molar-refractivity contribution >= 4 is 22.5 Å². The summed E-state index contributed by atoms with van der Waals surface area (Å²) in [5.74, 6) is 0.606. The fraction of sp³-hybridized carbons (Fsp3) is 0.273. The molecule has 4 rings (SSSR count). The molecule has 3 heteroatoms. The van der Waals surface area contributed by atoms with Gasteiger partial charge in [-0.15, -0.1) is 0 Å². The lowest BCUT2D eigenvalue weighted by molar-refractivity contribution is -0.119. The number of aryl methyl sites for hydroxylation is 1. The second kappa shape index (κ2) is 6.67. The summed E-state index contributed by atoms with van der Waals surface area (Å²) in [7, 11) is 0. The average Bonchev–Trinajstić information content (AvgIpc) is 3.44. The quantitative estimate of drug-likeness (QED) is 0.601. The fourth-order valence-electron chi connectivity index (χ4n) is 3.34. The number of carbonyl (C=O) groups excluding carboxylic acids is 2. The van der Waals surface area contributed by atoms with Crippen LogP contribution in [-0.2, 0) is 17.8 Å². The summed E-state index contributed by atoms with van der Waals surface area (Å²) < 4.78 is 1.94. The molecule has 1 aliphatic rings. The van der Waals surface area contributed by atoms with E-state index >= 15 is 0 Å². The molecule has 1 fully saturated rings. The molecule has 2 aromatic carbocycles. The van der Waals surface area contributed by atoms with Gasteiger partial charge in [-0.1, -0.05) is 48.5 Å².